The number of nitrogens with two attached hydrogens (primary N) is 1. The number of benzene rings is 2. The Morgan fingerprint density at radius 3 is 1.47 bits per heavy atom. The number of nitro groups is 1. The monoisotopic (exact) mass is 656 g/mol. The molecule has 0 bridgehead atoms. The van der Waals surface area contributed by atoms with Crippen molar-refractivity contribution in [3.8, 4) is 11.5 Å². The fourth-order valence-corrected chi connectivity index (χ4v) is 7.72. The van der Waals surface area contributed by atoms with E-state index in [1.54, 1.807) is 13.2 Å². The molecule has 47 heavy (non-hydrogen) atoms. The largest absolute Gasteiger partial charge is 0.495 e. The van der Waals surface area contributed by atoms with E-state index in [-0.39, 0.29) is 18.0 Å². The Labute approximate surface area is 282 Å². The highest BCUT2D eigenvalue weighted by Gasteiger charge is 2.29. The normalized spacial score (nSPS) is 19.3. The topological polar surface area (TPSA) is 121 Å². The summed E-state index contributed by atoms with van der Waals surface area (Å²) in [5.41, 5.74) is 11.2. The van der Waals surface area contributed by atoms with Gasteiger partial charge in [-0.1, -0.05) is 33.1 Å². The Hall–Kier alpha value is -3.28. The third-order valence-electron chi connectivity index (χ3n) is 10.2. The Morgan fingerprint density at radius 1 is 0.702 bits per heavy atom. The molecule has 264 valence electrons. The van der Waals surface area contributed by atoms with Gasteiger partial charge in [-0.2, -0.15) is 0 Å². The van der Waals surface area contributed by atoms with E-state index in [1.165, 1.54) is 82.8 Å². The van der Waals surface area contributed by atoms with Crippen LogP contribution in [0.1, 0.15) is 69.9 Å². The van der Waals surface area contributed by atoms with Crippen LogP contribution < -0.4 is 25.0 Å². The van der Waals surface area contributed by atoms with E-state index in [4.69, 9.17) is 20.3 Å². The van der Waals surface area contributed by atoms with Crippen molar-refractivity contribution in [1.29, 1.82) is 0 Å². The molecule has 0 unspecified atom stereocenters. The van der Waals surface area contributed by atoms with Crippen molar-refractivity contribution in [3.63, 3.8) is 0 Å². The van der Waals surface area contributed by atoms with Crippen LogP contribution in [0.2, 0.25) is 0 Å². The lowest BCUT2D eigenvalue weighted by Crippen LogP contribution is -2.49. The van der Waals surface area contributed by atoms with Crippen LogP contribution in [0.3, 0.4) is 0 Å². The molecule has 0 atom stereocenters. The summed E-state index contributed by atoms with van der Waals surface area (Å²) in [6.07, 6.45) is 11.0. The van der Waals surface area contributed by atoms with Gasteiger partial charge in [0, 0.05) is 101 Å². The number of hydrogen-bond donors (Lipinski definition) is 2. The summed E-state index contributed by atoms with van der Waals surface area (Å²) < 4.78 is 10.6. The Kier molecular flexibility index (Phi) is 14.9. The van der Waals surface area contributed by atoms with E-state index in [9.17, 15) is 10.1 Å². The maximum absolute atomic E-state index is 11.1. The van der Waals surface area contributed by atoms with Crippen LogP contribution in [0.15, 0.2) is 24.3 Å². The summed E-state index contributed by atoms with van der Waals surface area (Å²) in [4.78, 5) is 20.8. The standard InChI is InChI=1S/C17H25N3O3.C17H27N3O.CH4O.CH4/c1-13-11-16(20(21)22)17(23-2)12-15(13)19-9-7-18(8-10-19)14-5-3-4-6-14;1-13-11-15(18)17(21-2)12-16(13)20-9-7-19(8-10-20)14-5-3-4-6-14;1-2;/h11-12,14H,3-10H2,1-2H3;11-12,14H,3-10,18H2,1-2H3;2H,1H3;1H4. The molecule has 2 saturated heterocycles. The molecule has 2 aromatic carbocycles. The molecule has 2 aliphatic carbocycles. The zero-order valence-electron chi connectivity index (χ0n) is 28.7. The molecule has 0 spiro atoms. The molecule has 0 amide bonds. The van der Waals surface area contributed by atoms with Crippen molar-refractivity contribution < 1.29 is 19.5 Å². The first-order chi connectivity index (χ1) is 22.3. The molecule has 3 N–H and O–H groups in total. The van der Waals surface area contributed by atoms with Gasteiger partial charge in [-0.15, -0.1) is 0 Å². The van der Waals surface area contributed by atoms with Crippen molar-refractivity contribution in [2.24, 2.45) is 0 Å². The molecule has 4 aliphatic rings. The van der Waals surface area contributed by atoms with Crippen LogP contribution in [0, 0.1) is 24.0 Å². The molecule has 11 nitrogen and oxygen atoms in total. The highest BCUT2D eigenvalue weighted by atomic mass is 16.6. The SMILES string of the molecule is C.CO.COc1cc(N2CCN(C3CCCC3)CC2)c(C)cc1N.COc1cc(N2CCN(C3CCCC3)CC2)c(C)cc1[N+](=O)[O-]. The molecular formula is C36H60N6O5. The van der Waals surface area contributed by atoms with Crippen LogP contribution in [0.25, 0.3) is 0 Å². The summed E-state index contributed by atoms with van der Waals surface area (Å²) in [5, 5.41) is 18.1. The molecule has 0 radical (unpaired) electrons. The van der Waals surface area contributed by atoms with Crippen molar-refractivity contribution in [2.45, 2.75) is 84.7 Å². The molecule has 2 aromatic rings. The van der Waals surface area contributed by atoms with E-state index in [0.29, 0.717) is 5.75 Å². The van der Waals surface area contributed by atoms with Gasteiger partial charge in [0.1, 0.15) is 5.75 Å². The van der Waals surface area contributed by atoms with Gasteiger partial charge in [0.25, 0.3) is 0 Å². The van der Waals surface area contributed by atoms with Gasteiger partial charge in [-0.25, -0.2) is 0 Å². The molecule has 0 aromatic heterocycles. The summed E-state index contributed by atoms with van der Waals surface area (Å²) in [6, 6.07) is 9.17. The fraction of sp³-hybridized carbons (Fsp3) is 0.667. The lowest BCUT2D eigenvalue weighted by Gasteiger charge is -2.39. The highest BCUT2D eigenvalue weighted by Crippen LogP contribution is 2.36. The first-order valence-electron chi connectivity index (χ1n) is 17.0. The quantitative estimate of drug-likeness (QED) is 0.213. The molecule has 6 rings (SSSR count). The lowest BCUT2D eigenvalue weighted by atomic mass is 10.1. The third-order valence-corrected chi connectivity index (χ3v) is 10.2. The second-order valence-corrected chi connectivity index (χ2v) is 12.9. The molecule has 2 aliphatic heterocycles. The predicted molar refractivity (Wildman–Crippen MR) is 193 cm³/mol. The zero-order valence-corrected chi connectivity index (χ0v) is 28.7. The molecule has 4 fully saturated rings. The maximum atomic E-state index is 11.1. The minimum absolute atomic E-state index is 0. The number of aryl methyl sites for hydroxylation is 2. The van der Waals surface area contributed by atoms with Crippen LogP contribution in [0.5, 0.6) is 11.5 Å². The zero-order chi connectivity index (χ0) is 33.2. The minimum Gasteiger partial charge on any atom is -0.495 e. The van der Waals surface area contributed by atoms with E-state index in [1.807, 2.05) is 19.1 Å². The summed E-state index contributed by atoms with van der Waals surface area (Å²) >= 11 is 0. The molecular weight excluding hydrogens is 596 g/mol. The fourth-order valence-electron chi connectivity index (χ4n) is 7.72. The summed E-state index contributed by atoms with van der Waals surface area (Å²) in [6.45, 7) is 12.7. The number of anilines is 3. The van der Waals surface area contributed by atoms with Crippen LogP contribution in [-0.4, -0.2) is 106 Å². The lowest BCUT2D eigenvalue weighted by molar-refractivity contribution is -0.385. The van der Waals surface area contributed by atoms with Crippen molar-refractivity contribution in [1.82, 2.24) is 9.80 Å². The summed E-state index contributed by atoms with van der Waals surface area (Å²) in [7, 11) is 4.17. The number of aliphatic hydroxyl groups excluding tert-OH is 1. The second kappa shape index (κ2) is 18.3. The Morgan fingerprint density at radius 2 is 1.09 bits per heavy atom. The Bertz CT molecular complexity index is 1260. The number of hydrogen-bond acceptors (Lipinski definition) is 10. The number of nitrogens with zero attached hydrogens (tertiary/aromatic N) is 5. The van der Waals surface area contributed by atoms with Gasteiger partial charge in [0.15, 0.2) is 5.75 Å². The number of ether oxygens (including phenoxy) is 2. The Balaban J connectivity index is 0.000000239. The van der Waals surface area contributed by atoms with Crippen LogP contribution in [-0.2, 0) is 0 Å². The predicted octanol–water partition coefficient (Wildman–Crippen LogP) is 5.87. The van der Waals surface area contributed by atoms with Crippen molar-refractivity contribution in [2.75, 3.05) is 89.2 Å². The van der Waals surface area contributed by atoms with Crippen LogP contribution in [0.4, 0.5) is 22.7 Å². The average molecular weight is 657 g/mol. The second-order valence-electron chi connectivity index (χ2n) is 12.9. The van der Waals surface area contributed by atoms with Crippen molar-refractivity contribution >= 4 is 22.7 Å². The average Bonchev–Trinajstić information content (AvgIpc) is 3.82. The van der Waals surface area contributed by atoms with E-state index in [0.717, 1.165) is 81.1 Å². The maximum Gasteiger partial charge on any atom is 0.311 e. The third kappa shape index (κ3) is 9.42. The number of piperazine rings is 2. The number of nitrogen functional groups attached to an aromatic ring is 1. The molecule has 11 heteroatoms. The molecule has 2 heterocycles. The van der Waals surface area contributed by atoms with Gasteiger partial charge < -0.3 is 30.1 Å². The molecule has 2 saturated carbocycles. The van der Waals surface area contributed by atoms with E-state index < -0.39 is 0 Å². The van der Waals surface area contributed by atoms with Gasteiger partial charge in [0.05, 0.1) is 24.8 Å². The van der Waals surface area contributed by atoms with Gasteiger partial charge in [-0.05, 0) is 56.7 Å². The first kappa shape index (κ1) is 38.2. The van der Waals surface area contributed by atoms with Crippen molar-refractivity contribution in [3.05, 3.63) is 45.5 Å². The van der Waals surface area contributed by atoms with E-state index >= 15 is 0 Å². The first-order valence-corrected chi connectivity index (χ1v) is 17.0. The highest BCUT2D eigenvalue weighted by molar-refractivity contribution is 5.67. The smallest absolute Gasteiger partial charge is 0.311 e. The number of rotatable bonds is 7. The summed E-state index contributed by atoms with van der Waals surface area (Å²) in [5.74, 6) is 1.13. The number of aliphatic hydroxyl groups is 1. The van der Waals surface area contributed by atoms with Gasteiger partial charge in [0.2, 0.25) is 0 Å². The van der Waals surface area contributed by atoms with E-state index in [2.05, 4.69) is 32.6 Å². The van der Waals surface area contributed by atoms with Gasteiger partial charge >= 0.3 is 5.69 Å². The number of methoxy groups -OCH3 is 2. The number of nitro benzene ring substituents is 1. The minimum atomic E-state index is -0.381. The van der Waals surface area contributed by atoms with Crippen LogP contribution >= 0.6 is 0 Å². The van der Waals surface area contributed by atoms with Gasteiger partial charge in [-0.3, -0.25) is 19.9 Å².